The van der Waals surface area contributed by atoms with Crippen LogP contribution in [-0.2, 0) is 0 Å². The van der Waals surface area contributed by atoms with E-state index in [0.29, 0.717) is 0 Å². The maximum absolute atomic E-state index is 12.6. The summed E-state index contributed by atoms with van der Waals surface area (Å²) in [5.74, 6) is -2.58. The van der Waals surface area contributed by atoms with E-state index in [4.69, 9.17) is 0 Å². The highest BCUT2D eigenvalue weighted by Gasteiger charge is 2.41. The zero-order valence-corrected chi connectivity index (χ0v) is 7.89. The number of alkyl halides is 3. The molecule has 0 radical (unpaired) electrons. The van der Waals surface area contributed by atoms with Gasteiger partial charge in [-0.25, -0.2) is 4.39 Å². The summed E-state index contributed by atoms with van der Waals surface area (Å²) in [4.78, 5) is 0. The average molecular weight is 204 g/mol. The third-order valence-electron chi connectivity index (χ3n) is 1.10. The van der Waals surface area contributed by atoms with Crippen LogP contribution in [0, 0.1) is 0 Å². The summed E-state index contributed by atoms with van der Waals surface area (Å²) in [6, 6.07) is 0. The molecule has 0 nitrogen and oxygen atoms in total. The van der Waals surface area contributed by atoms with Gasteiger partial charge < -0.3 is 0 Å². The molecule has 72 valence electrons. The van der Waals surface area contributed by atoms with Gasteiger partial charge in [0.1, 0.15) is 13.5 Å². The lowest BCUT2D eigenvalue weighted by molar-refractivity contribution is -0.110. The van der Waals surface area contributed by atoms with Gasteiger partial charge >= 0.3 is 6.18 Å². The predicted molar refractivity (Wildman–Crippen MR) is 38.6 cm³/mol. The van der Waals surface area contributed by atoms with E-state index in [0.717, 1.165) is 0 Å². The molecule has 0 saturated carbocycles. The van der Waals surface area contributed by atoms with Gasteiger partial charge in [0.15, 0.2) is 0 Å². The summed E-state index contributed by atoms with van der Waals surface area (Å²) in [6.45, 7) is 3.90. The van der Waals surface area contributed by atoms with Gasteiger partial charge in [-0.3, -0.25) is 0 Å². The average Bonchev–Trinajstić information content (AvgIpc) is 1.80. The zero-order chi connectivity index (χ0) is 10.2. The smallest absolute Gasteiger partial charge is 0.214 e. The van der Waals surface area contributed by atoms with Crippen LogP contribution >= 0.6 is 0 Å². The van der Waals surface area contributed by atoms with Gasteiger partial charge in [-0.1, -0.05) is 19.6 Å². The summed E-state index contributed by atoms with van der Waals surface area (Å²) >= 11 is 0. The number of hydrogen-bond acceptors (Lipinski definition) is 0. The van der Waals surface area contributed by atoms with Crippen LogP contribution in [-0.4, -0.2) is 14.3 Å². The van der Waals surface area contributed by atoms with Crippen molar-refractivity contribution in [1.82, 2.24) is 0 Å². The SMILES string of the molecule is C[Si](C)(C)/C(F)=C(/F)C(F)(F)F. The molecule has 0 amide bonds. The van der Waals surface area contributed by atoms with Crippen LogP contribution < -0.4 is 0 Å². The fraction of sp³-hybridized carbons (Fsp3) is 0.667. The van der Waals surface area contributed by atoms with E-state index in [1.807, 2.05) is 0 Å². The van der Waals surface area contributed by atoms with Crippen LogP contribution in [0.2, 0.25) is 19.6 Å². The van der Waals surface area contributed by atoms with Gasteiger partial charge in [-0.05, 0) is 0 Å². The molecule has 0 fully saturated rings. The van der Waals surface area contributed by atoms with Crippen molar-refractivity contribution in [3.8, 4) is 0 Å². The second-order valence-corrected chi connectivity index (χ2v) is 8.31. The van der Waals surface area contributed by atoms with Crippen molar-refractivity contribution in [2.24, 2.45) is 0 Å². The van der Waals surface area contributed by atoms with Crippen LogP contribution in [0.3, 0.4) is 0 Å². The number of hydrogen-bond donors (Lipinski definition) is 0. The molecule has 0 atom stereocenters. The minimum absolute atomic E-state index is 1.30. The first-order valence-electron chi connectivity index (χ1n) is 3.19. The van der Waals surface area contributed by atoms with E-state index in [9.17, 15) is 22.0 Å². The maximum Gasteiger partial charge on any atom is 0.445 e. The first kappa shape index (κ1) is 11.6. The number of halogens is 5. The van der Waals surface area contributed by atoms with Crippen molar-refractivity contribution >= 4 is 8.07 Å². The van der Waals surface area contributed by atoms with E-state index >= 15 is 0 Å². The van der Waals surface area contributed by atoms with Gasteiger partial charge in [0.25, 0.3) is 0 Å². The Morgan fingerprint density at radius 2 is 1.33 bits per heavy atom. The Balaban J connectivity index is 4.96. The topological polar surface area (TPSA) is 0 Å². The standard InChI is InChI=1S/C6H9F5Si/c1-12(2,3)5(8)4(7)6(9,10)11/h1-3H3/b5-4+. The van der Waals surface area contributed by atoms with Gasteiger partial charge in [-0.15, -0.1) is 0 Å². The molecule has 0 unspecified atom stereocenters. The summed E-state index contributed by atoms with van der Waals surface area (Å²) in [5.41, 5.74) is -1.63. The minimum atomic E-state index is -5.19. The van der Waals surface area contributed by atoms with Gasteiger partial charge in [0.2, 0.25) is 5.83 Å². The minimum Gasteiger partial charge on any atom is -0.214 e. The van der Waals surface area contributed by atoms with Crippen LogP contribution in [0.1, 0.15) is 0 Å². The van der Waals surface area contributed by atoms with Gasteiger partial charge in [0, 0.05) is 0 Å². The molecule has 0 saturated heterocycles. The molecular weight excluding hydrogens is 195 g/mol. The lowest BCUT2D eigenvalue weighted by Crippen LogP contribution is -2.25. The molecule has 0 aliphatic carbocycles. The Bertz CT molecular complexity index is 175. The van der Waals surface area contributed by atoms with Crippen LogP contribution in [0.25, 0.3) is 0 Å². The second-order valence-electron chi connectivity index (χ2n) is 3.38. The molecule has 0 heterocycles. The first-order valence-corrected chi connectivity index (χ1v) is 6.69. The molecule has 0 aliphatic heterocycles. The van der Waals surface area contributed by atoms with E-state index in [2.05, 4.69) is 0 Å². The molecule has 0 aromatic heterocycles. The van der Waals surface area contributed by atoms with E-state index in [1.54, 1.807) is 0 Å². The predicted octanol–water partition coefficient (Wildman–Crippen LogP) is 3.58. The molecule has 0 spiro atoms. The molecule has 6 heteroatoms. The molecule has 0 aromatic rings. The molecule has 0 aliphatic rings. The van der Waals surface area contributed by atoms with Gasteiger partial charge in [0.05, 0.1) is 0 Å². The monoisotopic (exact) mass is 204 g/mol. The van der Waals surface area contributed by atoms with E-state index < -0.39 is 25.5 Å². The summed E-state index contributed by atoms with van der Waals surface area (Å²) in [7, 11) is -2.82. The molecule has 0 aromatic carbocycles. The van der Waals surface area contributed by atoms with Crippen LogP contribution in [0.15, 0.2) is 11.3 Å². The van der Waals surface area contributed by atoms with Crippen molar-refractivity contribution in [2.75, 3.05) is 0 Å². The van der Waals surface area contributed by atoms with Crippen molar-refractivity contribution in [1.29, 1.82) is 0 Å². The van der Waals surface area contributed by atoms with Crippen molar-refractivity contribution in [3.05, 3.63) is 11.3 Å². The molecular formula is C6H9F5Si. The fourth-order valence-corrected chi connectivity index (χ4v) is 1.25. The largest absolute Gasteiger partial charge is 0.445 e. The normalized spacial score (nSPS) is 16.0. The molecule has 0 N–H and O–H groups in total. The van der Waals surface area contributed by atoms with Crippen LogP contribution in [0.4, 0.5) is 22.0 Å². The molecule has 0 rings (SSSR count). The summed E-state index contributed by atoms with van der Waals surface area (Å²) in [6.07, 6.45) is -5.19. The molecule has 0 bridgehead atoms. The number of allylic oxidation sites excluding steroid dienone is 1. The van der Waals surface area contributed by atoms with Crippen LogP contribution in [0.5, 0.6) is 0 Å². The number of rotatable bonds is 1. The highest BCUT2D eigenvalue weighted by molar-refractivity contribution is 6.82. The zero-order valence-electron chi connectivity index (χ0n) is 6.89. The quantitative estimate of drug-likeness (QED) is 0.452. The summed E-state index contributed by atoms with van der Waals surface area (Å²) < 4.78 is 59.6. The van der Waals surface area contributed by atoms with E-state index in [-0.39, 0.29) is 0 Å². The third-order valence-corrected chi connectivity index (χ3v) is 2.64. The Kier molecular flexibility index (Phi) is 3.05. The highest BCUT2D eigenvalue weighted by Crippen LogP contribution is 2.33. The Labute approximate surface area is 68.1 Å². The Hall–Kier alpha value is -0.393. The first-order chi connectivity index (χ1) is 5.07. The molecule has 12 heavy (non-hydrogen) atoms. The van der Waals surface area contributed by atoms with E-state index in [1.165, 1.54) is 19.6 Å². The van der Waals surface area contributed by atoms with Crippen molar-refractivity contribution in [2.45, 2.75) is 25.8 Å². The lowest BCUT2D eigenvalue weighted by atomic mass is 10.6. The maximum atomic E-state index is 12.6. The summed E-state index contributed by atoms with van der Waals surface area (Å²) in [5, 5.41) is 0. The Morgan fingerprint density at radius 3 is 1.42 bits per heavy atom. The van der Waals surface area contributed by atoms with Gasteiger partial charge in [-0.2, -0.15) is 17.6 Å². The fourth-order valence-electron chi connectivity index (χ4n) is 0.454. The second kappa shape index (κ2) is 3.16. The van der Waals surface area contributed by atoms with Crippen molar-refractivity contribution in [3.63, 3.8) is 0 Å². The highest BCUT2D eigenvalue weighted by atomic mass is 28.3. The van der Waals surface area contributed by atoms with Crippen molar-refractivity contribution < 1.29 is 22.0 Å². The third kappa shape index (κ3) is 2.92. The lowest BCUT2D eigenvalue weighted by Gasteiger charge is -2.14. The Morgan fingerprint density at radius 1 is 1.00 bits per heavy atom.